The molecule has 0 amide bonds. The molecule has 70 heavy (non-hydrogen) atoms. The Bertz CT molecular complexity index is 4260. The Morgan fingerprint density at radius 3 is 1.27 bits per heavy atom. The van der Waals surface area contributed by atoms with Crippen LogP contribution >= 0.6 is 0 Å². The van der Waals surface area contributed by atoms with E-state index >= 15 is 0 Å². The molecular weight excluding hydrogens is 851 g/mol. The molecular formula is C65H41N5. The summed E-state index contributed by atoms with van der Waals surface area (Å²) < 4.78 is 4.76. The lowest BCUT2D eigenvalue weighted by Crippen LogP contribution is -2.01. The molecule has 0 N–H and O–H groups in total. The summed E-state index contributed by atoms with van der Waals surface area (Å²) in [4.78, 5) is 15.8. The fraction of sp³-hybridized carbons (Fsp3) is 0. The van der Waals surface area contributed by atoms with Crippen molar-refractivity contribution in [3.63, 3.8) is 0 Å². The SMILES string of the molecule is c1ccc(-c2ccc(-n3c4ccccc4c4ccccc43)c(-c3ccc4ccc(-c5nc(-c6cccc(-n7c8ccccc8c8ccccc87)c6)nc(-c6ccc7ccccc7c6)n5)cc4c3)c2)cc1. The Kier molecular flexibility index (Phi) is 9.14. The predicted molar refractivity (Wildman–Crippen MR) is 291 cm³/mol. The van der Waals surface area contributed by atoms with Gasteiger partial charge in [0.1, 0.15) is 0 Å². The molecule has 0 aliphatic heterocycles. The number of rotatable bonds is 7. The van der Waals surface area contributed by atoms with E-state index in [0.29, 0.717) is 17.5 Å². The third kappa shape index (κ3) is 6.59. The average Bonchev–Trinajstić information content (AvgIpc) is 3.96. The van der Waals surface area contributed by atoms with Crippen LogP contribution in [0.25, 0.3) is 133 Å². The van der Waals surface area contributed by atoms with Gasteiger partial charge in [-0.1, -0.05) is 182 Å². The molecule has 0 radical (unpaired) electrons. The van der Waals surface area contributed by atoms with Gasteiger partial charge in [0.15, 0.2) is 17.5 Å². The first kappa shape index (κ1) is 39.7. The van der Waals surface area contributed by atoms with Crippen LogP contribution in [-0.2, 0) is 0 Å². The van der Waals surface area contributed by atoms with Crippen LogP contribution in [0.3, 0.4) is 0 Å². The maximum Gasteiger partial charge on any atom is 0.164 e. The summed E-state index contributed by atoms with van der Waals surface area (Å²) in [7, 11) is 0. The third-order valence-electron chi connectivity index (χ3n) is 13.9. The van der Waals surface area contributed by atoms with Crippen molar-refractivity contribution in [1.82, 2.24) is 24.1 Å². The molecule has 0 aliphatic carbocycles. The lowest BCUT2D eigenvalue weighted by molar-refractivity contribution is 1.07. The van der Waals surface area contributed by atoms with E-state index in [1.807, 2.05) is 0 Å². The Hall–Kier alpha value is -9.45. The highest BCUT2D eigenvalue weighted by Crippen LogP contribution is 2.40. The second kappa shape index (κ2) is 16.1. The van der Waals surface area contributed by atoms with Gasteiger partial charge in [0, 0.05) is 49.5 Å². The number of nitrogens with zero attached hydrogens (tertiary/aromatic N) is 5. The van der Waals surface area contributed by atoms with Crippen LogP contribution < -0.4 is 0 Å². The summed E-state index contributed by atoms with van der Waals surface area (Å²) in [6.45, 7) is 0. The molecule has 5 heteroatoms. The molecule has 0 saturated carbocycles. The molecule has 3 aromatic heterocycles. The van der Waals surface area contributed by atoms with Crippen LogP contribution in [0.1, 0.15) is 0 Å². The molecule has 0 saturated heterocycles. The van der Waals surface area contributed by atoms with Crippen LogP contribution in [0.4, 0.5) is 0 Å². The first-order chi connectivity index (χ1) is 34.7. The van der Waals surface area contributed by atoms with Gasteiger partial charge in [-0.3, -0.25) is 0 Å². The molecule has 5 nitrogen and oxygen atoms in total. The van der Waals surface area contributed by atoms with E-state index in [2.05, 4.69) is 258 Å². The Morgan fingerprint density at radius 1 is 0.243 bits per heavy atom. The van der Waals surface area contributed by atoms with Crippen molar-refractivity contribution >= 4 is 65.2 Å². The quantitative estimate of drug-likeness (QED) is 0.160. The predicted octanol–water partition coefficient (Wildman–Crippen LogP) is 16.7. The minimum atomic E-state index is 0.609. The van der Waals surface area contributed by atoms with Gasteiger partial charge in [-0.15, -0.1) is 0 Å². The molecule has 11 aromatic carbocycles. The maximum absolute atomic E-state index is 5.31. The van der Waals surface area contributed by atoms with Gasteiger partial charge < -0.3 is 9.13 Å². The molecule has 3 heterocycles. The number of aromatic nitrogens is 5. The number of fused-ring (bicyclic) bond motifs is 8. The maximum atomic E-state index is 5.31. The van der Waals surface area contributed by atoms with Crippen LogP contribution in [0.5, 0.6) is 0 Å². The summed E-state index contributed by atoms with van der Waals surface area (Å²) in [5.74, 6) is 1.84. The van der Waals surface area contributed by atoms with Crippen molar-refractivity contribution < 1.29 is 0 Å². The van der Waals surface area contributed by atoms with Gasteiger partial charge >= 0.3 is 0 Å². The van der Waals surface area contributed by atoms with Crippen LogP contribution in [0.2, 0.25) is 0 Å². The Morgan fingerprint density at radius 2 is 0.671 bits per heavy atom. The van der Waals surface area contributed by atoms with E-state index in [1.165, 1.54) is 43.5 Å². The Balaban J connectivity index is 0.943. The summed E-state index contributed by atoms with van der Waals surface area (Å²) in [5.41, 5.74) is 14.2. The first-order valence-corrected chi connectivity index (χ1v) is 23.8. The van der Waals surface area contributed by atoms with Crippen LogP contribution in [-0.4, -0.2) is 24.1 Å². The highest BCUT2D eigenvalue weighted by Gasteiger charge is 2.19. The molecule has 0 spiro atoms. The molecule has 14 aromatic rings. The number of hydrogen-bond donors (Lipinski definition) is 0. The van der Waals surface area contributed by atoms with Crippen molar-refractivity contribution in [2.75, 3.05) is 0 Å². The van der Waals surface area contributed by atoms with Crippen molar-refractivity contribution in [2.45, 2.75) is 0 Å². The molecule has 14 rings (SSSR count). The number of hydrogen-bond acceptors (Lipinski definition) is 3. The Labute approximate surface area is 403 Å². The second-order valence-electron chi connectivity index (χ2n) is 18.0. The smallest absolute Gasteiger partial charge is 0.164 e. The standard InChI is InChI=1S/C65H41N5/c1-2-15-42(16-3-1)46-35-36-62(70-60-27-12-8-23-55(60)56-24-9-13-28-61(56)70)57(41-46)47-32-29-44-31-34-50(39-51(44)38-47)65-67-63(66-64(68-65)49-33-30-43-17-4-5-18-45(43)37-49)48-19-14-20-52(40-48)69-58-25-10-6-21-53(58)54-22-7-11-26-59(54)69/h1-41H. The zero-order valence-electron chi connectivity index (χ0n) is 37.9. The first-order valence-electron chi connectivity index (χ1n) is 23.8. The van der Waals surface area contributed by atoms with Gasteiger partial charge in [0.2, 0.25) is 0 Å². The van der Waals surface area contributed by atoms with Crippen molar-refractivity contribution in [3.8, 4) is 67.8 Å². The van der Waals surface area contributed by atoms with Crippen molar-refractivity contribution in [1.29, 1.82) is 0 Å². The minimum Gasteiger partial charge on any atom is -0.309 e. The molecule has 0 atom stereocenters. The lowest BCUT2D eigenvalue weighted by Gasteiger charge is -2.17. The van der Waals surface area contributed by atoms with E-state index in [4.69, 9.17) is 15.0 Å². The number of benzene rings is 11. The molecule has 326 valence electrons. The van der Waals surface area contributed by atoms with Gasteiger partial charge in [-0.25, -0.2) is 15.0 Å². The zero-order valence-corrected chi connectivity index (χ0v) is 37.9. The molecule has 0 unspecified atom stereocenters. The topological polar surface area (TPSA) is 48.5 Å². The molecule has 0 bridgehead atoms. The normalized spacial score (nSPS) is 11.7. The summed E-state index contributed by atoms with van der Waals surface area (Å²) >= 11 is 0. The third-order valence-corrected chi connectivity index (χ3v) is 13.9. The van der Waals surface area contributed by atoms with Gasteiger partial charge in [-0.05, 0) is 105 Å². The fourth-order valence-corrected chi connectivity index (χ4v) is 10.6. The van der Waals surface area contributed by atoms with E-state index < -0.39 is 0 Å². The van der Waals surface area contributed by atoms with E-state index in [9.17, 15) is 0 Å². The second-order valence-corrected chi connectivity index (χ2v) is 18.0. The lowest BCUT2D eigenvalue weighted by atomic mass is 9.95. The van der Waals surface area contributed by atoms with Gasteiger partial charge in [0.05, 0.1) is 27.8 Å². The summed E-state index contributed by atoms with van der Waals surface area (Å²) in [5, 5.41) is 9.43. The summed E-state index contributed by atoms with van der Waals surface area (Å²) in [6, 6.07) is 89.0. The van der Waals surface area contributed by atoms with Crippen molar-refractivity contribution in [3.05, 3.63) is 249 Å². The van der Waals surface area contributed by atoms with E-state index in [0.717, 1.165) is 71.9 Å². The highest BCUT2D eigenvalue weighted by molar-refractivity contribution is 6.11. The zero-order chi connectivity index (χ0) is 46.1. The average molecular weight is 892 g/mol. The molecule has 0 aliphatic rings. The fourth-order valence-electron chi connectivity index (χ4n) is 10.6. The van der Waals surface area contributed by atoms with Gasteiger partial charge in [0.25, 0.3) is 0 Å². The highest BCUT2D eigenvalue weighted by atomic mass is 15.0. The minimum absolute atomic E-state index is 0.609. The largest absolute Gasteiger partial charge is 0.309 e. The monoisotopic (exact) mass is 891 g/mol. The van der Waals surface area contributed by atoms with E-state index in [-0.39, 0.29) is 0 Å². The van der Waals surface area contributed by atoms with Crippen LogP contribution in [0, 0.1) is 0 Å². The summed E-state index contributed by atoms with van der Waals surface area (Å²) in [6.07, 6.45) is 0. The van der Waals surface area contributed by atoms with E-state index in [1.54, 1.807) is 0 Å². The van der Waals surface area contributed by atoms with Gasteiger partial charge in [-0.2, -0.15) is 0 Å². The molecule has 0 fully saturated rings. The number of para-hydroxylation sites is 4. The van der Waals surface area contributed by atoms with Crippen LogP contribution in [0.15, 0.2) is 249 Å². The van der Waals surface area contributed by atoms with Crippen molar-refractivity contribution in [2.24, 2.45) is 0 Å².